The molecule has 0 unspecified atom stereocenters. The molecule has 132 valence electrons. The molecule has 0 saturated heterocycles. The predicted octanol–water partition coefficient (Wildman–Crippen LogP) is 5.51. The lowest BCUT2D eigenvalue weighted by atomic mass is 10.0. The van der Waals surface area contributed by atoms with Gasteiger partial charge in [0.05, 0.1) is 16.8 Å². The van der Waals surface area contributed by atoms with Gasteiger partial charge >= 0.3 is 0 Å². The van der Waals surface area contributed by atoms with Crippen molar-refractivity contribution in [2.75, 3.05) is 5.32 Å². The van der Waals surface area contributed by atoms with Gasteiger partial charge in [-0.05, 0) is 43.3 Å². The molecule has 5 heteroatoms. The molecule has 0 fully saturated rings. The maximum absolute atomic E-state index is 13.0. The van der Waals surface area contributed by atoms with Crippen LogP contribution in [0.25, 0.3) is 22.2 Å². The van der Waals surface area contributed by atoms with Gasteiger partial charge in [-0.3, -0.25) is 4.79 Å². The molecule has 0 saturated carbocycles. The summed E-state index contributed by atoms with van der Waals surface area (Å²) < 4.78 is 0. The number of rotatable bonds is 3. The van der Waals surface area contributed by atoms with Gasteiger partial charge in [0.15, 0.2) is 0 Å². The number of halogens is 1. The van der Waals surface area contributed by atoms with Crippen LogP contribution in [-0.2, 0) is 0 Å². The highest BCUT2D eigenvalue weighted by molar-refractivity contribution is 6.30. The minimum Gasteiger partial charge on any atom is -0.307 e. The molecule has 4 aromatic rings. The third kappa shape index (κ3) is 3.66. The molecule has 0 bridgehead atoms. The molecule has 2 aromatic carbocycles. The van der Waals surface area contributed by atoms with Gasteiger partial charge in [0, 0.05) is 21.7 Å². The van der Waals surface area contributed by atoms with E-state index in [9.17, 15) is 4.79 Å². The summed E-state index contributed by atoms with van der Waals surface area (Å²) in [5, 5.41) is 4.33. The van der Waals surface area contributed by atoms with E-state index < -0.39 is 0 Å². The van der Waals surface area contributed by atoms with Gasteiger partial charge in [0.1, 0.15) is 5.82 Å². The van der Waals surface area contributed by atoms with Crippen molar-refractivity contribution in [1.82, 2.24) is 9.97 Å². The number of aryl methyl sites for hydroxylation is 1. The molecule has 0 radical (unpaired) electrons. The standard InChI is InChI=1S/C22H16ClN3O/c1-14-5-4-8-21(24-14)26-22(27)18-13-20(15-9-11-16(23)12-10-15)25-19-7-3-2-6-17(18)19/h2-13H,1H3,(H,24,26,27). The van der Waals surface area contributed by atoms with Crippen LogP contribution in [0, 0.1) is 6.92 Å². The van der Waals surface area contributed by atoms with Crippen LogP contribution >= 0.6 is 11.6 Å². The summed E-state index contributed by atoms with van der Waals surface area (Å²) in [7, 11) is 0. The minimum absolute atomic E-state index is 0.220. The van der Waals surface area contributed by atoms with Gasteiger partial charge in [-0.15, -0.1) is 0 Å². The second-order valence-corrected chi connectivity index (χ2v) is 6.63. The Hall–Kier alpha value is -3.24. The highest BCUT2D eigenvalue weighted by atomic mass is 35.5. The number of hydrogen-bond acceptors (Lipinski definition) is 3. The quantitative estimate of drug-likeness (QED) is 0.515. The summed E-state index contributed by atoms with van der Waals surface area (Å²) in [6, 6.07) is 22.3. The van der Waals surface area contributed by atoms with E-state index in [1.165, 1.54) is 0 Å². The lowest BCUT2D eigenvalue weighted by Gasteiger charge is -2.11. The van der Waals surface area contributed by atoms with Crippen molar-refractivity contribution in [3.63, 3.8) is 0 Å². The molecule has 0 aliphatic heterocycles. The first-order valence-corrected chi connectivity index (χ1v) is 8.89. The molecule has 1 amide bonds. The summed E-state index contributed by atoms with van der Waals surface area (Å²) in [6.07, 6.45) is 0. The summed E-state index contributed by atoms with van der Waals surface area (Å²) in [4.78, 5) is 22.0. The number of fused-ring (bicyclic) bond motifs is 1. The average Bonchev–Trinajstić information content (AvgIpc) is 2.67. The van der Waals surface area contributed by atoms with Crippen molar-refractivity contribution in [2.24, 2.45) is 0 Å². The van der Waals surface area contributed by atoms with Crippen molar-refractivity contribution in [1.29, 1.82) is 0 Å². The van der Waals surface area contributed by atoms with Gasteiger partial charge in [-0.1, -0.05) is 48.0 Å². The maximum Gasteiger partial charge on any atom is 0.257 e. The fraction of sp³-hybridized carbons (Fsp3) is 0.0455. The number of nitrogens with one attached hydrogen (secondary N) is 1. The Labute approximate surface area is 161 Å². The van der Waals surface area contributed by atoms with Gasteiger partial charge in [-0.25, -0.2) is 9.97 Å². The lowest BCUT2D eigenvalue weighted by Crippen LogP contribution is -2.14. The fourth-order valence-electron chi connectivity index (χ4n) is 2.93. The second kappa shape index (κ2) is 7.17. The minimum atomic E-state index is -0.220. The van der Waals surface area contributed by atoms with E-state index in [1.54, 1.807) is 12.1 Å². The number of nitrogens with zero attached hydrogens (tertiary/aromatic N) is 2. The second-order valence-electron chi connectivity index (χ2n) is 6.20. The number of para-hydroxylation sites is 1. The van der Waals surface area contributed by atoms with Crippen LogP contribution in [0.15, 0.2) is 72.8 Å². The molecule has 0 aliphatic carbocycles. The number of amides is 1. The largest absolute Gasteiger partial charge is 0.307 e. The van der Waals surface area contributed by atoms with Crippen LogP contribution < -0.4 is 5.32 Å². The molecule has 4 rings (SSSR count). The van der Waals surface area contributed by atoms with E-state index in [2.05, 4.69) is 10.3 Å². The Morgan fingerprint density at radius 3 is 2.48 bits per heavy atom. The van der Waals surface area contributed by atoms with Crippen LogP contribution in [0.3, 0.4) is 0 Å². The number of pyridine rings is 2. The molecule has 4 nitrogen and oxygen atoms in total. The highest BCUT2D eigenvalue weighted by Gasteiger charge is 2.14. The van der Waals surface area contributed by atoms with E-state index >= 15 is 0 Å². The zero-order valence-electron chi connectivity index (χ0n) is 14.6. The average molecular weight is 374 g/mol. The number of anilines is 1. The number of benzene rings is 2. The Morgan fingerprint density at radius 2 is 1.70 bits per heavy atom. The van der Waals surface area contributed by atoms with Crippen LogP contribution in [0.1, 0.15) is 16.1 Å². The molecule has 27 heavy (non-hydrogen) atoms. The Balaban J connectivity index is 1.80. The topological polar surface area (TPSA) is 54.9 Å². The van der Waals surface area contributed by atoms with Crippen molar-refractivity contribution >= 4 is 34.2 Å². The predicted molar refractivity (Wildman–Crippen MR) is 109 cm³/mol. The van der Waals surface area contributed by atoms with Crippen molar-refractivity contribution < 1.29 is 4.79 Å². The van der Waals surface area contributed by atoms with Crippen molar-refractivity contribution in [3.8, 4) is 11.3 Å². The lowest BCUT2D eigenvalue weighted by molar-refractivity contribution is 0.102. The maximum atomic E-state index is 13.0. The summed E-state index contributed by atoms with van der Waals surface area (Å²) in [6.45, 7) is 1.89. The van der Waals surface area contributed by atoms with E-state index in [1.807, 2.05) is 67.6 Å². The van der Waals surface area contributed by atoms with Gasteiger partial charge < -0.3 is 5.32 Å². The summed E-state index contributed by atoms with van der Waals surface area (Å²) in [5.41, 5.74) is 3.76. The summed E-state index contributed by atoms with van der Waals surface area (Å²) >= 11 is 5.99. The zero-order chi connectivity index (χ0) is 18.8. The first kappa shape index (κ1) is 17.2. The molecular formula is C22H16ClN3O. The summed E-state index contributed by atoms with van der Waals surface area (Å²) in [5.74, 6) is 0.302. The van der Waals surface area contributed by atoms with Crippen LogP contribution in [0.5, 0.6) is 0 Å². The van der Waals surface area contributed by atoms with Gasteiger partial charge in [0.2, 0.25) is 0 Å². The first-order valence-electron chi connectivity index (χ1n) is 8.51. The third-order valence-electron chi connectivity index (χ3n) is 4.23. The zero-order valence-corrected chi connectivity index (χ0v) is 15.4. The smallest absolute Gasteiger partial charge is 0.257 e. The molecular weight excluding hydrogens is 358 g/mol. The normalized spacial score (nSPS) is 10.7. The van der Waals surface area contributed by atoms with E-state index in [0.29, 0.717) is 22.1 Å². The number of hydrogen-bond donors (Lipinski definition) is 1. The van der Waals surface area contributed by atoms with E-state index in [-0.39, 0.29) is 5.91 Å². The molecule has 2 heterocycles. The van der Waals surface area contributed by atoms with Gasteiger partial charge in [-0.2, -0.15) is 0 Å². The van der Waals surface area contributed by atoms with Crippen molar-refractivity contribution in [2.45, 2.75) is 6.92 Å². The third-order valence-corrected chi connectivity index (χ3v) is 4.48. The Kier molecular flexibility index (Phi) is 4.57. The van der Waals surface area contributed by atoms with E-state index in [0.717, 1.165) is 22.2 Å². The Morgan fingerprint density at radius 1 is 0.926 bits per heavy atom. The molecule has 0 atom stereocenters. The van der Waals surface area contributed by atoms with Crippen molar-refractivity contribution in [3.05, 3.63) is 89.1 Å². The van der Waals surface area contributed by atoms with Crippen LogP contribution in [0.4, 0.5) is 5.82 Å². The molecule has 0 aliphatic rings. The van der Waals surface area contributed by atoms with Crippen LogP contribution in [-0.4, -0.2) is 15.9 Å². The number of carbonyl (C=O) groups excluding carboxylic acids is 1. The highest BCUT2D eigenvalue weighted by Crippen LogP contribution is 2.26. The van der Waals surface area contributed by atoms with Crippen LogP contribution in [0.2, 0.25) is 5.02 Å². The van der Waals surface area contributed by atoms with Gasteiger partial charge in [0.25, 0.3) is 5.91 Å². The monoisotopic (exact) mass is 373 g/mol. The SMILES string of the molecule is Cc1cccc(NC(=O)c2cc(-c3ccc(Cl)cc3)nc3ccccc23)n1. The number of carbonyl (C=O) groups is 1. The molecule has 2 aromatic heterocycles. The Bertz CT molecular complexity index is 1140. The fourth-order valence-corrected chi connectivity index (χ4v) is 3.05. The van der Waals surface area contributed by atoms with E-state index in [4.69, 9.17) is 16.6 Å². The number of aromatic nitrogens is 2. The molecule has 1 N–H and O–H groups in total. The first-order chi connectivity index (χ1) is 13.1. The molecule has 0 spiro atoms.